The summed E-state index contributed by atoms with van der Waals surface area (Å²) >= 11 is 0. The number of ether oxygens (including phenoxy) is 3. The van der Waals surface area contributed by atoms with Gasteiger partial charge in [0.2, 0.25) is 0 Å². The van der Waals surface area contributed by atoms with Crippen molar-refractivity contribution in [3.05, 3.63) is 77.4 Å². The van der Waals surface area contributed by atoms with E-state index in [2.05, 4.69) is 0 Å². The number of methoxy groups -OCH3 is 3. The monoisotopic (exact) mass is 447 g/mol. The molecule has 0 saturated carbocycles. The zero-order valence-electron chi connectivity index (χ0n) is 18.7. The van der Waals surface area contributed by atoms with Gasteiger partial charge in [0.1, 0.15) is 5.76 Å². The quantitative estimate of drug-likeness (QED) is 0.336. The molecule has 0 spiro atoms. The average molecular weight is 447 g/mol. The molecule has 0 aliphatic carbocycles. The molecule has 1 saturated heterocycles. The zero-order chi connectivity index (χ0) is 23.5. The standard InChI is InChI=1S/C26H25NO6/c1-31-14-13-27-23(19-10-6-8-16-7-4-5-9-18(16)19)22(25(29)26(27)30)24(28)17-11-12-20(32-2)21(15-17)33-3/h4-12,15,23,28H,13-14H2,1-3H3/b24-22-. The number of hydrogen-bond donors (Lipinski definition) is 1. The number of amides is 1. The van der Waals surface area contributed by atoms with Gasteiger partial charge in [0, 0.05) is 19.2 Å². The molecule has 1 fully saturated rings. The largest absolute Gasteiger partial charge is 0.507 e. The van der Waals surface area contributed by atoms with Crippen molar-refractivity contribution in [1.29, 1.82) is 0 Å². The SMILES string of the molecule is COCCN1C(=O)C(=O)/C(=C(\O)c2ccc(OC)c(OC)c2)C1c1cccc2ccccc12. The van der Waals surface area contributed by atoms with E-state index in [1.807, 2.05) is 42.5 Å². The Morgan fingerprint density at radius 3 is 2.39 bits per heavy atom. The lowest BCUT2D eigenvalue weighted by Crippen LogP contribution is -2.32. The van der Waals surface area contributed by atoms with Gasteiger partial charge in [-0.25, -0.2) is 0 Å². The van der Waals surface area contributed by atoms with Crippen LogP contribution in [0.15, 0.2) is 66.2 Å². The van der Waals surface area contributed by atoms with E-state index in [4.69, 9.17) is 14.2 Å². The predicted octanol–water partition coefficient (Wildman–Crippen LogP) is 3.93. The van der Waals surface area contributed by atoms with Crippen LogP contribution in [-0.4, -0.2) is 56.2 Å². The number of nitrogens with zero attached hydrogens (tertiary/aromatic N) is 1. The van der Waals surface area contributed by atoms with Crippen LogP contribution in [0.5, 0.6) is 11.5 Å². The van der Waals surface area contributed by atoms with Crippen LogP contribution in [-0.2, 0) is 14.3 Å². The van der Waals surface area contributed by atoms with Gasteiger partial charge >= 0.3 is 0 Å². The summed E-state index contributed by atoms with van der Waals surface area (Å²) < 4.78 is 15.8. The first-order valence-corrected chi connectivity index (χ1v) is 10.5. The molecule has 1 aliphatic rings. The number of aliphatic hydroxyl groups excluding tert-OH is 1. The maximum atomic E-state index is 13.2. The van der Waals surface area contributed by atoms with Gasteiger partial charge in [-0.2, -0.15) is 0 Å². The molecule has 0 bridgehead atoms. The Kier molecular flexibility index (Phi) is 6.33. The molecule has 3 aromatic rings. The number of likely N-dealkylation sites (tertiary alicyclic amines) is 1. The van der Waals surface area contributed by atoms with Gasteiger partial charge in [-0.05, 0) is 34.5 Å². The second-order valence-electron chi connectivity index (χ2n) is 7.62. The Labute approximate surface area is 191 Å². The summed E-state index contributed by atoms with van der Waals surface area (Å²) in [6.07, 6.45) is 0. The number of carbonyl (C=O) groups excluding carboxylic acids is 2. The van der Waals surface area contributed by atoms with E-state index in [9.17, 15) is 14.7 Å². The summed E-state index contributed by atoms with van der Waals surface area (Å²) in [6, 6.07) is 17.5. The number of carbonyl (C=O) groups is 2. The van der Waals surface area contributed by atoms with Crippen LogP contribution in [0.25, 0.3) is 16.5 Å². The first kappa shape index (κ1) is 22.4. The molecule has 3 aromatic carbocycles. The van der Waals surface area contributed by atoms with Gasteiger partial charge in [-0.1, -0.05) is 42.5 Å². The number of fused-ring (bicyclic) bond motifs is 1. The molecule has 7 nitrogen and oxygen atoms in total. The first-order chi connectivity index (χ1) is 16.0. The molecule has 1 aliphatic heterocycles. The lowest BCUT2D eigenvalue weighted by molar-refractivity contribution is -0.140. The van der Waals surface area contributed by atoms with E-state index in [1.54, 1.807) is 18.2 Å². The van der Waals surface area contributed by atoms with Crippen LogP contribution in [0.3, 0.4) is 0 Å². The van der Waals surface area contributed by atoms with Crippen LogP contribution in [0, 0.1) is 0 Å². The highest BCUT2D eigenvalue weighted by atomic mass is 16.5. The van der Waals surface area contributed by atoms with E-state index in [0.29, 0.717) is 17.1 Å². The summed E-state index contributed by atoms with van der Waals surface area (Å²) in [5, 5.41) is 13.2. The highest BCUT2D eigenvalue weighted by molar-refractivity contribution is 6.46. The number of ketones is 1. The number of benzene rings is 3. The van der Waals surface area contributed by atoms with Gasteiger partial charge in [0.05, 0.1) is 32.4 Å². The van der Waals surface area contributed by atoms with E-state index >= 15 is 0 Å². The Morgan fingerprint density at radius 1 is 0.939 bits per heavy atom. The van der Waals surface area contributed by atoms with E-state index in [0.717, 1.165) is 16.3 Å². The molecule has 1 heterocycles. The molecule has 1 atom stereocenters. The number of rotatable bonds is 7. The number of aliphatic hydroxyl groups is 1. The van der Waals surface area contributed by atoms with Crippen LogP contribution >= 0.6 is 0 Å². The zero-order valence-corrected chi connectivity index (χ0v) is 18.7. The molecular weight excluding hydrogens is 422 g/mol. The van der Waals surface area contributed by atoms with Gasteiger partial charge in [0.25, 0.3) is 11.7 Å². The van der Waals surface area contributed by atoms with Gasteiger partial charge in [0.15, 0.2) is 11.5 Å². The molecule has 33 heavy (non-hydrogen) atoms. The second-order valence-corrected chi connectivity index (χ2v) is 7.62. The maximum absolute atomic E-state index is 13.2. The van der Waals surface area contributed by atoms with Crippen molar-refractivity contribution < 1.29 is 28.9 Å². The Hall–Kier alpha value is -3.84. The Morgan fingerprint density at radius 2 is 1.67 bits per heavy atom. The molecule has 7 heteroatoms. The Bertz CT molecular complexity index is 1240. The normalized spacial score (nSPS) is 17.5. The molecule has 0 radical (unpaired) electrons. The smallest absolute Gasteiger partial charge is 0.295 e. The van der Waals surface area contributed by atoms with E-state index < -0.39 is 17.7 Å². The molecule has 1 N–H and O–H groups in total. The summed E-state index contributed by atoms with van der Waals surface area (Å²) in [7, 11) is 4.54. The van der Waals surface area contributed by atoms with Crippen molar-refractivity contribution >= 4 is 28.2 Å². The third-order valence-corrected chi connectivity index (χ3v) is 5.85. The molecule has 4 rings (SSSR count). The van der Waals surface area contributed by atoms with Gasteiger partial charge in [-0.15, -0.1) is 0 Å². The summed E-state index contributed by atoms with van der Waals surface area (Å²) in [5.74, 6) is -0.799. The van der Waals surface area contributed by atoms with E-state index in [1.165, 1.54) is 26.2 Å². The molecule has 170 valence electrons. The first-order valence-electron chi connectivity index (χ1n) is 10.5. The van der Waals surface area contributed by atoms with Gasteiger partial charge < -0.3 is 24.2 Å². The van der Waals surface area contributed by atoms with Crippen molar-refractivity contribution in [3.63, 3.8) is 0 Å². The van der Waals surface area contributed by atoms with Crippen LogP contribution in [0.2, 0.25) is 0 Å². The Balaban J connectivity index is 1.94. The lowest BCUT2D eigenvalue weighted by atomic mass is 9.91. The highest BCUT2D eigenvalue weighted by Gasteiger charge is 2.46. The second kappa shape index (κ2) is 9.34. The third-order valence-electron chi connectivity index (χ3n) is 5.85. The fourth-order valence-corrected chi connectivity index (χ4v) is 4.25. The van der Waals surface area contributed by atoms with Crippen molar-refractivity contribution in [2.45, 2.75) is 6.04 Å². The average Bonchev–Trinajstić information content (AvgIpc) is 3.10. The van der Waals surface area contributed by atoms with Crippen molar-refractivity contribution in [3.8, 4) is 11.5 Å². The van der Waals surface area contributed by atoms with Crippen molar-refractivity contribution in [1.82, 2.24) is 4.90 Å². The fourth-order valence-electron chi connectivity index (χ4n) is 4.25. The van der Waals surface area contributed by atoms with Crippen LogP contribution in [0.1, 0.15) is 17.2 Å². The minimum atomic E-state index is -0.764. The predicted molar refractivity (Wildman–Crippen MR) is 124 cm³/mol. The summed E-state index contributed by atoms with van der Waals surface area (Å²) in [5.41, 5.74) is 1.13. The summed E-state index contributed by atoms with van der Waals surface area (Å²) in [6.45, 7) is 0.461. The van der Waals surface area contributed by atoms with Crippen molar-refractivity contribution in [2.24, 2.45) is 0 Å². The number of Topliss-reactive ketones (excluding diaryl/α,β-unsaturated/α-hetero) is 1. The molecular formula is C26H25NO6. The third kappa shape index (κ3) is 3.91. The number of hydrogen-bond acceptors (Lipinski definition) is 6. The highest BCUT2D eigenvalue weighted by Crippen LogP contribution is 2.42. The molecule has 1 amide bonds. The fraction of sp³-hybridized carbons (Fsp3) is 0.231. The minimum Gasteiger partial charge on any atom is -0.507 e. The topological polar surface area (TPSA) is 85.3 Å². The van der Waals surface area contributed by atoms with Gasteiger partial charge in [-0.3, -0.25) is 9.59 Å². The summed E-state index contributed by atoms with van der Waals surface area (Å²) in [4.78, 5) is 27.7. The maximum Gasteiger partial charge on any atom is 0.295 e. The van der Waals surface area contributed by atoms with Crippen molar-refractivity contribution in [2.75, 3.05) is 34.5 Å². The lowest BCUT2D eigenvalue weighted by Gasteiger charge is -2.26. The van der Waals surface area contributed by atoms with Crippen LogP contribution in [0.4, 0.5) is 0 Å². The minimum absolute atomic E-state index is 0.0275. The molecule has 0 aromatic heterocycles. The molecule has 1 unspecified atom stereocenters. The van der Waals surface area contributed by atoms with Crippen LogP contribution < -0.4 is 9.47 Å². The van der Waals surface area contributed by atoms with E-state index in [-0.39, 0.29) is 24.5 Å².